The van der Waals surface area contributed by atoms with Crippen LogP contribution in [0.5, 0.6) is 0 Å². The van der Waals surface area contributed by atoms with Gasteiger partial charge in [0.15, 0.2) is 0 Å². The lowest BCUT2D eigenvalue weighted by Crippen LogP contribution is -2.10. The normalized spacial score (nSPS) is 13.0. The van der Waals surface area contributed by atoms with E-state index in [4.69, 9.17) is 5.73 Å². The minimum atomic E-state index is 0.472. The third-order valence-electron chi connectivity index (χ3n) is 2.77. The van der Waals surface area contributed by atoms with Crippen molar-refractivity contribution in [1.29, 1.82) is 0 Å². The standard InChI is InChI=1S/C12H19N/c1-8-5-10(3)12(6-9(8)2)11(4)7-13/h5-6,11H,7,13H2,1-4H3. The van der Waals surface area contributed by atoms with Crippen molar-refractivity contribution in [2.75, 3.05) is 6.54 Å². The Morgan fingerprint density at radius 3 is 2.15 bits per heavy atom. The van der Waals surface area contributed by atoms with Crippen LogP contribution in [0.4, 0.5) is 0 Å². The fraction of sp³-hybridized carbons (Fsp3) is 0.500. The minimum Gasteiger partial charge on any atom is -0.330 e. The summed E-state index contributed by atoms with van der Waals surface area (Å²) in [5.74, 6) is 0.472. The number of rotatable bonds is 2. The van der Waals surface area contributed by atoms with Crippen molar-refractivity contribution in [1.82, 2.24) is 0 Å². The highest BCUT2D eigenvalue weighted by Gasteiger charge is 2.07. The van der Waals surface area contributed by atoms with Gasteiger partial charge in [-0.15, -0.1) is 0 Å². The average molecular weight is 177 g/mol. The molecule has 1 heteroatoms. The second kappa shape index (κ2) is 3.93. The smallest absolute Gasteiger partial charge is 0.00108 e. The fourth-order valence-corrected chi connectivity index (χ4v) is 1.64. The largest absolute Gasteiger partial charge is 0.330 e. The van der Waals surface area contributed by atoms with Crippen LogP contribution in [0.15, 0.2) is 12.1 Å². The van der Waals surface area contributed by atoms with E-state index < -0.39 is 0 Å². The lowest BCUT2D eigenvalue weighted by Gasteiger charge is -2.14. The molecule has 0 spiro atoms. The minimum absolute atomic E-state index is 0.472. The molecule has 1 atom stereocenters. The maximum Gasteiger partial charge on any atom is -0.00108 e. The summed E-state index contributed by atoms with van der Waals surface area (Å²) in [6.45, 7) is 9.37. The summed E-state index contributed by atoms with van der Waals surface area (Å²) < 4.78 is 0. The molecule has 0 aliphatic heterocycles. The van der Waals surface area contributed by atoms with E-state index in [0.29, 0.717) is 5.92 Å². The van der Waals surface area contributed by atoms with Gasteiger partial charge in [-0.05, 0) is 55.5 Å². The Morgan fingerprint density at radius 2 is 1.62 bits per heavy atom. The van der Waals surface area contributed by atoms with Gasteiger partial charge in [0.2, 0.25) is 0 Å². The Hall–Kier alpha value is -0.820. The summed E-state index contributed by atoms with van der Waals surface area (Å²) in [5.41, 5.74) is 11.1. The second-order valence-corrected chi connectivity index (χ2v) is 3.93. The van der Waals surface area contributed by atoms with Crippen LogP contribution in [-0.4, -0.2) is 6.54 Å². The molecular formula is C12H19N. The third-order valence-corrected chi connectivity index (χ3v) is 2.77. The Balaban J connectivity index is 3.15. The monoisotopic (exact) mass is 177 g/mol. The van der Waals surface area contributed by atoms with Gasteiger partial charge in [-0.3, -0.25) is 0 Å². The van der Waals surface area contributed by atoms with Crippen LogP contribution in [0.2, 0.25) is 0 Å². The molecular weight excluding hydrogens is 158 g/mol. The molecule has 13 heavy (non-hydrogen) atoms. The molecule has 1 aromatic carbocycles. The van der Waals surface area contributed by atoms with Gasteiger partial charge in [-0.25, -0.2) is 0 Å². The highest BCUT2D eigenvalue weighted by atomic mass is 14.5. The number of benzene rings is 1. The quantitative estimate of drug-likeness (QED) is 0.738. The summed E-state index contributed by atoms with van der Waals surface area (Å²) in [7, 11) is 0. The molecule has 0 bridgehead atoms. The van der Waals surface area contributed by atoms with Gasteiger partial charge in [0.25, 0.3) is 0 Å². The first kappa shape index (κ1) is 10.3. The summed E-state index contributed by atoms with van der Waals surface area (Å²) in [6.07, 6.45) is 0. The lowest BCUT2D eigenvalue weighted by atomic mass is 9.92. The Kier molecular flexibility index (Phi) is 3.10. The van der Waals surface area contributed by atoms with Gasteiger partial charge in [-0.2, -0.15) is 0 Å². The first-order chi connectivity index (χ1) is 6.06. The van der Waals surface area contributed by atoms with Crippen molar-refractivity contribution in [3.05, 3.63) is 34.4 Å². The molecule has 0 aliphatic rings. The molecule has 0 heterocycles. The van der Waals surface area contributed by atoms with E-state index in [9.17, 15) is 0 Å². The Labute approximate surface area is 81.0 Å². The summed E-state index contributed by atoms with van der Waals surface area (Å²) in [6, 6.07) is 4.51. The van der Waals surface area contributed by atoms with Crippen LogP contribution in [-0.2, 0) is 0 Å². The highest BCUT2D eigenvalue weighted by Crippen LogP contribution is 2.22. The molecule has 1 unspecified atom stereocenters. The second-order valence-electron chi connectivity index (χ2n) is 3.93. The molecule has 1 rings (SSSR count). The highest BCUT2D eigenvalue weighted by molar-refractivity contribution is 5.38. The molecule has 0 saturated heterocycles. The third kappa shape index (κ3) is 2.10. The molecule has 0 radical (unpaired) electrons. The van der Waals surface area contributed by atoms with E-state index in [1.807, 2.05) is 0 Å². The summed E-state index contributed by atoms with van der Waals surface area (Å²) >= 11 is 0. The molecule has 0 fully saturated rings. The maximum atomic E-state index is 5.66. The molecule has 2 N–H and O–H groups in total. The van der Waals surface area contributed by atoms with E-state index in [1.165, 1.54) is 22.3 Å². The molecule has 0 aromatic heterocycles. The molecule has 1 nitrogen and oxygen atoms in total. The van der Waals surface area contributed by atoms with Crippen LogP contribution in [0, 0.1) is 20.8 Å². The zero-order chi connectivity index (χ0) is 10.0. The average Bonchev–Trinajstić information content (AvgIpc) is 2.10. The van der Waals surface area contributed by atoms with Crippen LogP contribution >= 0.6 is 0 Å². The predicted octanol–water partition coefficient (Wildman–Crippen LogP) is 2.67. The van der Waals surface area contributed by atoms with E-state index in [-0.39, 0.29) is 0 Å². The topological polar surface area (TPSA) is 26.0 Å². The SMILES string of the molecule is Cc1cc(C)c(C(C)CN)cc1C. The first-order valence-electron chi connectivity index (χ1n) is 4.84. The number of nitrogens with two attached hydrogens (primary N) is 1. The zero-order valence-corrected chi connectivity index (χ0v) is 9.02. The van der Waals surface area contributed by atoms with Crippen molar-refractivity contribution < 1.29 is 0 Å². The van der Waals surface area contributed by atoms with Gasteiger partial charge < -0.3 is 5.73 Å². The van der Waals surface area contributed by atoms with Gasteiger partial charge >= 0.3 is 0 Å². The lowest BCUT2D eigenvalue weighted by molar-refractivity contribution is 0.766. The van der Waals surface area contributed by atoms with E-state index in [2.05, 4.69) is 39.8 Å². The number of aryl methyl sites for hydroxylation is 3. The van der Waals surface area contributed by atoms with Crippen molar-refractivity contribution in [2.45, 2.75) is 33.6 Å². The summed E-state index contributed by atoms with van der Waals surface area (Å²) in [4.78, 5) is 0. The van der Waals surface area contributed by atoms with E-state index in [1.54, 1.807) is 0 Å². The fourth-order valence-electron chi connectivity index (χ4n) is 1.64. The van der Waals surface area contributed by atoms with Crippen LogP contribution in [0.1, 0.15) is 35.1 Å². The van der Waals surface area contributed by atoms with E-state index >= 15 is 0 Å². The van der Waals surface area contributed by atoms with Crippen LogP contribution < -0.4 is 5.73 Å². The van der Waals surface area contributed by atoms with E-state index in [0.717, 1.165) is 6.54 Å². The van der Waals surface area contributed by atoms with Crippen LogP contribution in [0.25, 0.3) is 0 Å². The summed E-state index contributed by atoms with van der Waals surface area (Å²) in [5, 5.41) is 0. The van der Waals surface area contributed by atoms with Crippen molar-refractivity contribution in [3.63, 3.8) is 0 Å². The number of hydrogen-bond donors (Lipinski definition) is 1. The maximum absolute atomic E-state index is 5.66. The van der Waals surface area contributed by atoms with Gasteiger partial charge in [-0.1, -0.05) is 19.1 Å². The van der Waals surface area contributed by atoms with Crippen molar-refractivity contribution >= 4 is 0 Å². The van der Waals surface area contributed by atoms with Gasteiger partial charge in [0.05, 0.1) is 0 Å². The first-order valence-corrected chi connectivity index (χ1v) is 4.84. The zero-order valence-electron chi connectivity index (χ0n) is 9.02. The van der Waals surface area contributed by atoms with Gasteiger partial charge in [0, 0.05) is 0 Å². The Bertz CT molecular complexity index is 302. The molecule has 0 aliphatic carbocycles. The van der Waals surface area contributed by atoms with Crippen molar-refractivity contribution in [3.8, 4) is 0 Å². The molecule has 0 amide bonds. The van der Waals surface area contributed by atoms with Crippen molar-refractivity contribution in [2.24, 2.45) is 5.73 Å². The molecule has 0 saturated carbocycles. The Morgan fingerprint density at radius 1 is 1.08 bits per heavy atom. The molecule has 72 valence electrons. The van der Waals surface area contributed by atoms with Crippen LogP contribution in [0.3, 0.4) is 0 Å². The van der Waals surface area contributed by atoms with Gasteiger partial charge in [0.1, 0.15) is 0 Å². The predicted molar refractivity (Wildman–Crippen MR) is 58.1 cm³/mol. The molecule has 1 aromatic rings. The number of hydrogen-bond acceptors (Lipinski definition) is 1.